The van der Waals surface area contributed by atoms with Gasteiger partial charge in [0.25, 0.3) is 5.91 Å². The van der Waals surface area contributed by atoms with Crippen LogP contribution >= 0.6 is 22.9 Å². The van der Waals surface area contributed by atoms with Crippen molar-refractivity contribution in [2.24, 2.45) is 4.99 Å². The zero-order chi connectivity index (χ0) is 22.9. The molecule has 2 amide bonds. The summed E-state index contributed by atoms with van der Waals surface area (Å²) in [5, 5.41) is 0.548. The van der Waals surface area contributed by atoms with Crippen LogP contribution in [0.4, 0.5) is 5.69 Å². The number of hydrogen-bond acceptors (Lipinski definition) is 5. The first-order chi connectivity index (χ1) is 15.3. The van der Waals surface area contributed by atoms with Crippen molar-refractivity contribution in [3.05, 3.63) is 70.5 Å². The first-order valence-corrected chi connectivity index (χ1v) is 12.8. The zero-order valence-corrected chi connectivity index (χ0v) is 19.4. The molecule has 166 valence electrons. The van der Waals surface area contributed by atoms with Gasteiger partial charge in [0.05, 0.1) is 10.2 Å². The number of fused-ring (bicyclic) bond motifs is 2. The third kappa shape index (κ3) is 4.69. The molecule has 0 N–H and O–H groups in total. The number of anilines is 1. The average molecular weight is 490 g/mol. The van der Waals surface area contributed by atoms with E-state index >= 15 is 0 Å². The van der Waals surface area contributed by atoms with Gasteiger partial charge in [-0.1, -0.05) is 47.2 Å². The van der Waals surface area contributed by atoms with E-state index in [4.69, 9.17) is 11.6 Å². The smallest absolute Gasteiger partial charge is 0.263 e. The molecule has 0 fully saturated rings. The lowest BCUT2D eigenvalue weighted by Gasteiger charge is -2.17. The Morgan fingerprint density at radius 2 is 1.97 bits per heavy atom. The Morgan fingerprint density at radius 1 is 1.19 bits per heavy atom. The van der Waals surface area contributed by atoms with Crippen molar-refractivity contribution < 1.29 is 18.0 Å². The van der Waals surface area contributed by atoms with Crippen LogP contribution < -0.4 is 9.70 Å². The minimum Gasteiger partial charge on any atom is -0.313 e. The zero-order valence-electron chi connectivity index (χ0n) is 17.0. The van der Waals surface area contributed by atoms with Crippen molar-refractivity contribution in [3.63, 3.8) is 0 Å². The highest BCUT2D eigenvalue weighted by molar-refractivity contribution is 7.92. The Balaban J connectivity index is 1.53. The average Bonchev–Trinajstić information content (AvgIpc) is 3.29. The van der Waals surface area contributed by atoms with E-state index in [0.717, 1.165) is 21.5 Å². The molecule has 2 heterocycles. The number of thiazole rings is 1. The third-order valence-electron chi connectivity index (χ3n) is 5.05. The highest BCUT2D eigenvalue weighted by atomic mass is 35.5. The molecule has 0 unspecified atom stereocenters. The maximum atomic E-state index is 12.6. The van der Waals surface area contributed by atoms with Crippen molar-refractivity contribution in [2.75, 3.05) is 23.0 Å². The van der Waals surface area contributed by atoms with Crippen LogP contribution in [0.15, 0.2) is 60.1 Å². The topological polar surface area (TPSA) is 88.8 Å². The minimum absolute atomic E-state index is 0.349. The highest BCUT2D eigenvalue weighted by Gasteiger charge is 2.29. The molecule has 4 rings (SSSR count). The van der Waals surface area contributed by atoms with Crippen molar-refractivity contribution in [1.82, 2.24) is 4.57 Å². The van der Waals surface area contributed by atoms with Crippen molar-refractivity contribution in [3.8, 4) is 0 Å². The summed E-state index contributed by atoms with van der Waals surface area (Å²) in [5.74, 6) is -2.94. The lowest BCUT2D eigenvalue weighted by molar-refractivity contribution is -0.116. The van der Waals surface area contributed by atoms with E-state index in [2.05, 4.69) is 11.6 Å². The van der Waals surface area contributed by atoms with E-state index in [9.17, 15) is 18.0 Å². The maximum absolute atomic E-state index is 12.6. The number of carbonyl (C=O) groups is 2. The summed E-state index contributed by atoms with van der Waals surface area (Å²) in [7, 11) is -3.98. The van der Waals surface area contributed by atoms with E-state index < -0.39 is 33.2 Å². The molecule has 10 heteroatoms. The van der Waals surface area contributed by atoms with Gasteiger partial charge in [-0.05, 0) is 36.2 Å². The van der Waals surface area contributed by atoms with Crippen LogP contribution in [0.25, 0.3) is 10.2 Å². The number of nitrogens with zero attached hydrogens (tertiary/aromatic N) is 3. The molecule has 0 aliphatic carbocycles. The highest BCUT2D eigenvalue weighted by Crippen LogP contribution is 2.27. The van der Waals surface area contributed by atoms with Crippen molar-refractivity contribution in [2.45, 2.75) is 13.0 Å². The molecular weight excluding hydrogens is 470 g/mol. The number of halogens is 1. The number of hydrogen-bond donors (Lipinski definition) is 0. The van der Waals surface area contributed by atoms with Crippen LogP contribution in [0.1, 0.15) is 5.56 Å². The second-order valence-corrected chi connectivity index (χ2v) is 10.9. The Hall–Kier alpha value is -2.75. The summed E-state index contributed by atoms with van der Waals surface area (Å²) in [6.07, 6.45) is 2.34. The second kappa shape index (κ2) is 9.01. The van der Waals surface area contributed by atoms with Crippen LogP contribution in [-0.4, -0.2) is 42.8 Å². The van der Waals surface area contributed by atoms with Gasteiger partial charge in [-0.3, -0.25) is 9.59 Å². The Kier molecular flexibility index (Phi) is 6.32. The summed E-state index contributed by atoms with van der Waals surface area (Å²) in [6, 6.07) is 12.7. The van der Waals surface area contributed by atoms with Crippen LogP contribution in [0.5, 0.6) is 0 Å². The van der Waals surface area contributed by atoms with Crippen LogP contribution in [-0.2, 0) is 32.4 Å². The van der Waals surface area contributed by atoms with Gasteiger partial charge in [-0.15, -0.1) is 6.58 Å². The molecule has 0 radical (unpaired) electrons. The summed E-state index contributed by atoms with van der Waals surface area (Å²) < 4.78 is 27.7. The molecule has 1 aliphatic heterocycles. The number of sulfone groups is 1. The lowest BCUT2D eigenvalue weighted by Crippen LogP contribution is -2.36. The summed E-state index contributed by atoms with van der Waals surface area (Å²) >= 11 is 7.28. The van der Waals surface area contributed by atoms with Crippen LogP contribution in [0, 0.1) is 0 Å². The van der Waals surface area contributed by atoms with Gasteiger partial charge in [0.15, 0.2) is 14.6 Å². The minimum atomic E-state index is -3.98. The molecule has 0 bridgehead atoms. The molecule has 1 aliphatic rings. The van der Waals surface area contributed by atoms with Gasteiger partial charge in [-0.25, -0.2) is 8.42 Å². The fourth-order valence-corrected chi connectivity index (χ4v) is 6.09. The first-order valence-electron chi connectivity index (χ1n) is 9.83. The molecule has 3 aromatic rings. The van der Waals surface area contributed by atoms with Crippen molar-refractivity contribution in [1.29, 1.82) is 0 Å². The van der Waals surface area contributed by atoms with Gasteiger partial charge < -0.3 is 9.47 Å². The number of para-hydroxylation sites is 1. The Labute approximate surface area is 194 Å². The first kappa shape index (κ1) is 22.4. The largest absolute Gasteiger partial charge is 0.313 e. The normalized spacial score (nSPS) is 14.0. The number of rotatable bonds is 6. The molecule has 32 heavy (non-hydrogen) atoms. The van der Waals surface area contributed by atoms with E-state index in [1.807, 2.05) is 18.2 Å². The number of amides is 2. The Morgan fingerprint density at radius 3 is 2.75 bits per heavy atom. The molecule has 7 nitrogen and oxygen atoms in total. The van der Waals surface area contributed by atoms with E-state index in [-0.39, 0.29) is 0 Å². The molecule has 1 aromatic heterocycles. The molecule has 0 saturated heterocycles. The number of allylic oxidation sites excluding steroid dienone is 1. The summed E-state index contributed by atoms with van der Waals surface area (Å²) in [5.41, 5.74) is 2.54. The second-order valence-electron chi connectivity index (χ2n) is 7.36. The van der Waals surface area contributed by atoms with Gasteiger partial charge >= 0.3 is 0 Å². The number of aromatic nitrogens is 1. The summed E-state index contributed by atoms with van der Waals surface area (Å²) in [4.78, 5) is 31.0. The van der Waals surface area contributed by atoms with Gasteiger partial charge in [0.1, 0.15) is 11.5 Å². The van der Waals surface area contributed by atoms with Gasteiger partial charge in [0, 0.05) is 23.8 Å². The van der Waals surface area contributed by atoms with Crippen molar-refractivity contribution >= 4 is 60.5 Å². The third-order valence-corrected chi connectivity index (χ3v) is 7.70. The molecule has 0 spiro atoms. The lowest BCUT2D eigenvalue weighted by atomic mass is 10.2. The fourth-order valence-electron chi connectivity index (χ4n) is 3.68. The number of carbonyl (C=O) groups excluding carboxylic acids is 2. The molecule has 0 saturated carbocycles. The Bertz CT molecular complexity index is 1410. The number of benzene rings is 2. The predicted molar refractivity (Wildman–Crippen MR) is 127 cm³/mol. The van der Waals surface area contributed by atoms with E-state index in [0.29, 0.717) is 29.3 Å². The van der Waals surface area contributed by atoms with Gasteiger partial charge in [0.2, 0.25) is 5.91 Å². The molecule has 0 atom stereocenters. The fraction of sp³-hybridized carbons (Fsp3) is 0.227. The van der Waals surface area contributed by atoms with Gasteiger partial charge in [-0.2, -0.15) is 4.99 Å². The molecular formula is C22H20ClN3O4S2. The van der Waals surface area contributed by atoms with Crippen LogP contribution in [0.2, 0.25) is 5.02 Å². The standard InChI is InChI=1S/C22H20ClN3O4S2/c1-2-10-26-18-8-7-16(23)12-19(18)31-22(26)24-20(27)13-32(29,30)14-21(28)25-11-9-15-5-3-4-6-17(15)25/h2-8,12H,1,9-11,13-14H2. The predicted octanol–water partition coefficient (Wildman–Crippen LogP) is 2.97. The van der Waals surface area contributed by atoms with E-state index in [1.54, 1.807) is 34.9 Å². The molecule has 2 aromatic carbocycles. The quantitative estimate of drug-likeness (QED) is 0.498. The maximum Gasteiger partial charge on any atom is 0.263 e. The summed E-state index contributed by atoms with van der Waals surface area (Å²) in [6.45, 7) is 4.54. The van der Waals surface area contributed by atoms with Crippen LogP contribution in [0.3, 0.4) is 0 Å². The monoisotopic (exact) mass is 489 g/mol. The van der Waals surface area contributed by atoms with E-state index in [1.165, 1.54) is 16.2 Å². The SMILES string of the molecule is C=CCn1c(=NC(=O)CS(=O)(=O)CC(=O)N2CCc3ccccc32)sc2cc(Cl)ccc21.